The molecule has 0 aromatic carbocycles. The van der Waals surface area contributed by atoms with Gasteiger partial charge in [-0.05, 0) is 25.0 Å². The molecule has 3 aromatic rings. The number of pyridine rings is 1. The van der Waals surface area contributed by atoms with Gasteiger partial charge in [0.25, 0.3) is 11.8 Å². The number of halogens is 1. The zero-order chi connectivity index (χ0) is 26.1. The highest BCUT2D eigenvalue weighted by Gasteiger charge is 2.54. The molecule has 5 heterocycles. The minimum Gasteiger partial charge on any atom is -0.477 e. The van der Waals surface area contributed by atoms with E-state index in [1.807, 2.05) is 6.07 Å². The Hall–Kier alpha value is -3.63. The number of carboxylic acid groups (broad SMARTS) is 1. The summed E-state index contributed by atoms with van der Waals surface area (Å²) in [6.45, 7) is -1.18. The van der Waals surface area contributed by atoms with E-state index in [2.05, 4.69) is 25.4 Å². The van der Waals surface area contributed by atoms with Crippen molar-refractivity contribution in [2.75, 3.05) is 19.0 Å². The molecule has 192 valence electrons. The standard InChI is InChI=1S/C21H18FN7O5S3/c22-5-7-34-28-13(10-8-35-20(23)25-10)16(30)27-14-11-3-4-12(15(19(32)33)29(11)18(14)31)36-21-26-9-2-1-6-24-17(9)37-21/h1-2,6,8,11,14H,3-5,7H2,(H2,23,25)(H,27,30)(H,32,33)/b28-13+/t11-,14+/m1/s1. The number of nitrogens with one attached hydrogen (secondary N) is 1. The average Bonchev–Trinajstić information content (AvgIpc) is 3.50. The van der Waals surface area contributed by atoms with E-state index in [1.165, 1.54) is 33.4 Å². The molecule has 2 aliphatic rings. The number of allylic oxidation sites excluding steroid dienone is 1. The normalized spacial score (nSPS) is 19.5. The summed E-state index contributed by atoms with van der Waals surface area (Å²) in [5.41, 5.74) is 6.07. The van der Waals surface area contributed by atoms with Crippen molar-refractivity contribution in [1.29, 1.82) is 0 Å². The molecular formula is C21H18FN7O5S3. The Morgan fingerprint density at radius 1 is 1.41 bits per heavy atom. The number of nitrogens with zero attached hydrogens (tertiary/aromatic N) is 5. The van der Waals surface area contributed by atoms with Crippen LogP contribution >= 0.6 is 34.4 Å². The number of hydrogen-bond donors (Lipinski definition) is 3. The molecule has 16 heteroatoms. The van der Waals surface area contributed by atoms with E-state index in [9.17, 15) is 23.9 Å². The van der Waals surface area contributed by atoms with E-state index >= 15 is 0 Å². The van der Waals surface area contributed by atoms with Crippen LogP contribution in [-0.2, 0) is 19.2 Å². The molecule has 2 aliphatic heterocycles. The van der Waals surface area contributed by atoms with Gasteiger partial charge in [-0.3, -0.25) is 14.5 Å². The molecule has 2 amide bonds. The van der Waals surface area contributed by atoms with Crippen molar-refractivity contribution < 1.29 is 28.7 Å². The van der Waals surface area contributed by atoms with Gasteiger partial charge in [0.2, 0.25) is 0 Å². The molecule has 37 heavy (non-hydrogen) atoms. The second kappa shape index (κ2) is 10.4. The zero-order valence-electron chi connectivity index (χ0n) is 18.8. The largest absolute Gasteiger partial charge is 0.477 e. The molecule has 5 rings (SSSR count). The van der Waals surface area contributed by atoms with Crippen LogP contribution in [0, 0.1) is 0 Å². The second-order valence-corrected chi connectivity index (χ2v) is 11.0. The fourth-order valence-electron chi connectivity index (χ4n) is 3.98. The highest BCUT2D eigenvalue weighted by Crippen LogP contribution is 2.44. The molecule has 4 N–H and O–H groups in total. The van der Waals surface area contributed by atoms with Gasteiger partial charge < -0.3 is 21.0 Å². The number of anilines is 1. The van der Waals surface area contributed by atoms with Gasteiger partial charge in [0, 0.05) is 16.5 Å². The Balaban J connectivity index is 1.34. The van der Waals surface area contributed by atoms with Crippen LogP contribution in [0.1, 0.15) is 18.5 Å². The Kier molecular flexibility index (Phi) is 7.03. The van der Waals surface area contributed by atoms with Crippen LogP contribution in [-0.4, -0.2) is 73.8 Å². The maximum Gasteiger partial charge on any atom is 0.353 e. The van der Waals surface area contributed by atoms with Crippen LogP contribution in [0.3, 0.4) is 0 Å². The van der Waals surface area contributed by atoms with Crippen LogP contribution in [0.4, 0.5) is 9.52 Å². The maximum atomic E-state index is 13.0. The molecule has 0 aliphatic carbocycles. The van der Waals surface area contributed by atoms with Gasteiger partial charge in [-0.15, -0.1) is 11.3 Å². The Bertz CT molecular complexity index is 1420. The lowest BCUT2D eigenvalue weighted by atomic mass is 9.86. The Morgan fingerprint density at radius 2 is 2.24 bits per heavy atom. The fraction of sp³-hybridized carbons (Fsp3) is 0.286. The number of rotatable bonds is 9. The predicted molar refractivity (Wildman–Crippen MR) is 135 cm³/mol. The van der Waals surface area contributed by atoms with Crippen molar-refractivity contribution in [3.05, 3.63) is 40.0 Å². The Labute approximate surface area is 220 Å². The smallest absolute Gasteiger partial charge is 0.353 e. The average molecular weight is 564 g/mol. The van der Waals surface area contributed by atoms with Crippen LogP contribution in [0.2, 0.25) is 0 Å². The quantitative estimate of drug-likeness (QED) is 0.151. The minimum atomic E-state index is -1.25. The van der Waals surface area contributed by atoms with E-state index in [4.69, 9.17) is 10.6 Å². The van der Waals surface area contributed by atoms with Crippen LogP contribution in [0.15, 0.2) is 43.8 Å². The number of thiazole rings is 2. The molecule has 0 unspecified atom stereocenters. The molecule has 1 fully saturated rings. The summed E-state index contributed by atoms with van der Waals surface area (Å²) < 4.78 is 13.1. The number of aromatic nitrogens is 3. The number of carboxylic acids is 1. The molecule has 0 saturated carbocycles. The predicted octanol–water partition coefficient (Wildman–Crippen LogP) is 2.00. The van der Waals surface area contributed by atoms with Crippen LogP contribution < -0.4 is 11.1 Å². The van der Waals surface area contributed by atoms with Crippen molar-refractivity contribution in [3.8, 4) is 0 Å². The van der Waals surface area contributed by atoms with Crippen LogP contribution in [0.5, 0.6) is 0 Å². The highest BCUT2D eigenvalue weighted by molar-refractivity contribution is 8.04. The number of nitrogens with two attached hydrogens (primary N) is 1. The van der Waals surface area contributed by atoms with Crippen LogP contribution in [0.25, 0.3) is 10.3 Å². The van der Waals surface area contributed by atoms with Gasteiger partial charge >= 0.3 is 5.97 Å². The number of carbonyl (C=O) groups is 3. The van der Waals surface area contributed by atoms with E-state index in [-0.39, 0.29) is 28.8 Å². The second-order valence-electron chi connectivity index (χ2n) is 7.78. The first-order chi connectivity index (χ1) is 17.9. The van der Waals surface area contributed by atoms with Crippen molar-refractivity contribution in [1.82, 2.24) is 25.2 Å². The van der Waals surface area contributed by atoms with E-state index in [0.29, 0.717) is 27.6 Å². The summed E-state index contributed by atoms with van der Waals surface area (Å²) in [6.07, 6.45) is 2.45. The number of hydrogen-bond acceptors (Lipinski definition) is 12. The number of carbonyl (C=O) groups excluding carboxylic acids is 2. The summed E-state index contributed by atoms with van der Waals surface area (Å²) >= 11 is 3.61. The third-order valence-electron chi connectivity index (χ3n) is 5.54. The van der Waals surface area contributed by atoms with Gasteiger partial charge in [0.15, 0.2) is 15.2 Å². The number of β-lactam (4-membered cyclic amide) rings is 1. The van der Waals surface area contributed by atoms with Crippen molar-refractivity contribution in [2.45, 2.75) is 29.3 Å². The molecule has 3 aromatic heterocycles. The summed E-state index contributed by atoms with van der Waals surface area (Å²) in [4.78, 5) is 58.2. The van der Waals surface area contributed by atoms with Gasteiger partial charge in [0.1, 0.15) is 41.1 Å². The number of oxime groups is 1. The number of aliphatic carboxylic acids is 1. The number of fused-ring (bicyclic) bond motifs is 2. The zero-order valence-corrected chi connectivity index (χ0v) is 21.2. The Morgan fingerprint density at radius 3 is 2.95 bits per heavy atom. The molecule has 0 bridgehead atoms. The topological polar surface area (TPSA) is 173 Å². The fourth-order valence-corrected chi connectivity index (χ4v) is 6.73. The minimum absolute atomic E-state index is 0.112. The summed E-state index contributed by atoms with van der Waals surface area (Å²) in [7, 11) is 0. The third-order valence-corrected chi connectivity index (χ3v) is 8.40. The first kappa shape index (κ1) is 25.0. The van der Waals surface area contributed by atoms with Crippen molar-refractivity contribution >= 4 is 73.4 Å². The molecule has 2 atom stereocenters. The summed E-state index contributed by atoms with van der Waals surface area (Å²) in [6, 6.07) is 2.06. The number of thioether (sulfide) groups is 1. The third kappa shape index (κ3) is 4.86. The molecule has 1 saturated heterocycles. The molecular weight excluding hydrogens is 545 g/mol. The number of amides is 2. The number of nitrogen functional groups attached to an aromatic ring is 1. The van der Waals surface area contributed by atoms with Crippen molar-refractivity contribution in [2.24, 2.45) is 5.16 Å². The lowest BCUT2D eigenvalue weighted by molar-refractivity contribution is -0.155. The van der Waals surface area contributed by atoms with E-state index in [1.54, 1.807) is 12.3 Å². The number of alkyl halides is 1. The molecule has 0 spiro atoms. The molecule has 0 radical (unpaired) electrons. The van der Waals surface area contributed by atoms with Gasteiger partial charge in [-0.1, -0.05) is 28.3 Å². The first-order valence-corrected chi connectivity index (χ1v) is 13.4. The van der Waals surface area contributed by atoms with Crippen molar-refractivity contribution in [3.63, 3.8) is 0 Å². The lowest BCUT2D eigenvalue weighted by Gasteiger charge is -2.49. The SMILES string of the molecule is Nc1nc(/C(=N\OCCF)C(=O)N[C@@H]2C(=O)N3C(C(=O)O)=C(Sc4nc5cccnc5s4)CC[C@H]23)cs1. The highest BCUT2D eigenvalue weighted by atomic mass is 32.2. The lowest BCUT2D eigenvalue weighted by Crippen LogP contribution is -2.72. The summed E-state index contributed by atoms with van der Waals surface area (Å²) in [5.74, 6) is -2.59. The maximum absolute atomic E-state index is 13.0. The molecule has 12 nitrogen and oxygen atoms in total. The van der Waals surface area contributed by atoms with E-state index < -0.39 is 36.5 Å². The van der Waals surface area contributed by atoms with E-state index in [0.717, 1.165) is 16.2 Å². The monoisotopic (exact) mass is 563 g/mol. The first-order valence-electron chi connectivity index (χ1n) is 10.8. The van der Waals surface area contributed by atoms with Gasteiger partial charge in [0.05, 0.1) is 6.04 Å². The van der Waals surface area contributed by atoms with Gasteiger partial charge in [-0.25, -0.2) is 24.1 Å². The summed E-state index contributed by atoms with van der Waals surface area (Å²) in [5, 5.41) is 17.9. The van der Waals surface area contributed by atoms with Gasteiger partial charge in [-0.2, -0.15) is 0 Å².